The van der Waals surface area contributed by atoms with Gasteiger partial charge in [0.15, 0.2) is 31.0 Å². The summed E-state index contributed by atoms with van der Waals surface area (Å²) >= 11 is 0. The Kier molecular flexibility index (Phi) is 19.5. The fraction of sp³-hybridized carbons (Fsp3) is 0.267. The maximum atomic E-state index is 7.45. The van der Waals surface area contributed by atoms with Crippen LogP contribution in [-0.2, 0) is 35.2 Å². The number of rotatable bonds is 5. The minimum Gasteiger partial charge on any atom is -0.201 e. The molecule has 5 aromatic carbocycles. The number of hydrogen-bond donors (Lipinski definition) is 0. The van der Waals surface area contributed by atoms with Gasteiger partial charge in [0.25, 0.3) is 0 Å². The smallest absolute Gasteiger partial charge is 0.201 e. The number of pyridine rings is 5. The summed E-state index contributed by atoms with van der Waals surface area (Å²) in [4.78, 5) is 0. The van der Waals surface area contributed by atoms with Crippen molar-refractivity contribution in [3.05, 3.63) is 266 Å². The summed E-state index contributed by atoms with van der Waals surface area (Å²) in [6, 6.07) is 53.3. The molecule has 0 N–H and O–H groups in total. The van der Waals surface area contributed by atoms with E-state index >= 15 is 0 Å². The monoisotopic (exact) mass is 1060 g/mol. The van der Waals surface area contributed by atoms with Crippen LogP contribution in [0.2, 0.25) is 0 Å². The first-order valence-corrected chi connectivity index (χ1v) is 27.8. The molecule has 0 saturated carbocycles. The van der Waals surface area contributed by atoms with E-state index in [1.165, 1.54) is 117 Å². The molecule has 410 valence electrons. The highest BCUT2D eigenvalue weighted by atomic mass is 14.9. The maximum Gasteiger partial charge on any atom is 0.212 e. The molecule has 5 nitrogen and oxygen atoms in total. The minimum atomic E-state index is -2.04. The molecule has 5 heteroatoms. The molecule has 5 heterocycles. The Morgan fingerprint density at radius 3 is 0.875 bits per heavy atom. The third-order valence-electron chi connectivity index (χ3n) is 14.9. The molecule has 0 aliphatic rings. The van der Waals surface area contributed by atoms with Gasteiger partial charge in [0.1, 0.15) is 35.2 Å². The van der Waals surface area contributed by atoms with Crippen LogP contribution in [0.5, 0.6) is 0 Å². The molecular formula is C75H90N5+5. The third-order valence-corrected chi connectivity index (χ3v) is 14.9. The van der Waals surface area contributed by atoms with E-state index in [0.717, 1.165) is 16.8 Å². The van der Waals surface area contributed by atoms with Crippen molar-refractivity contribution in [2.75, 3.05) is 0 Å². The first-order chi connectivity index (χ1) is 39.1. The molecule has 0 bridgehead atoms. The zero-order valence-corrected chi connectivity index (χ0v) is 51.6. The quantitative estimate of drug-likeness (QED) is 0.153. The largest absolute Gasteiger partial charge is 0.212 e. The average molecular weight is 1060 g/mol. The van der Waals surface area contributed by atoms with Gasteiger partial charge in [0, 0.05) is 92.6 Å². The molecular weight excluding hydrogens is 971 g/mol. The Morgan fingerprint density at radius 1 is 0.237 bits per heavy atom. The molecule has 0 amide bonds. The van der Waals surface area contributed by atoms with Crippen LogP contribution in [0.15, 0.2) is 183 Å². The van der Waals surface area contributed by atoms with Crippen molar-refractivity contribution in [2.24, 2.45) is 35.2 Å². The first kappa shape index (κ1) is 56.6. The molecule has 10 rings (SSSR count). The highest BCUT2D eigenvalue weighted by Gasteiger charge is 2.17. The van der Waals surface area contributed by atoms with Gasteiger partial charge in [0.05, 0.1) is 0 Å². The second kappa shape index (κ2) is 27.6. The van der Waals surface area contributed by atoms with Gasteiger partial charge in [-0.3, -0.25) is 0 Å². The van der Waals surface area contributed by atoms with Gasteiger partial charge in [-0.15, -0.1) is 0 Å². The van der Waals surface area contributed by atoms with Crippen LogP contribution in [0.3, 0.4) is 0 Å². The molecule has 0 aliphatic carbocycles. The molecule has 10 aromatic rings. The van der Waals surface area contributed by atoms with Gasteiger partial charge in [-0.25, -0.2) is 22.8 Å². The Hall–Kier alpha value is -8.15. The zero-order chi connectivity index (χ0) is 61.0. The van der Waals surface area contributed by atoms with Crippen molar-refractivity contribution in [3.8, 4) is 56.3 Å². The van der Waals surface area contributed by atoms with Crippen LogP contribution in [-0.4, -0.2) is 0 Å². The SMILES string of the molecule is Cc1cc[n+](C)c(-c2cccc(C)c2C)c1.Cc1ccc(-c2cc(C)cc[n+]2C)c(C)c1.Cc1ccc(C)c(-c2cc(C)cc[n+]2C)c1.Cc1ccc(C)c(-c2cc(C)cc[n+]2C)c1.[2H]C([2H])([2H])c1ccc(-c2cc(C)cc[n+]2C)c(C)c1. The normalized spacial score (nSPS) is 11.2. The lowest BCUT2D eigenvalue weighted by Gasteiger charge is -2.07. The molecule has 0 atom stereocenters. The number of benzene rings is 5. The van der Waals surface area contributed by atoms with E-state index in [1.807, 2.05) is 30.8 Å². The second-order valence-corrected chi connectivity index (χ2v) is 22.2. The van der Waals surface area contributed by atoms with E-state index in [0.29, 0.717) is 5.56 Å². The van der Waals surface area contributed by atoms with Crippen LogP contribution >= 0.6 is 0 Å². The van der Waals surface area contributed by atoms with Crippen molar-refractivity contribution in [1.29, 1.82) is 0 Å². The summed E-state index contributed by atoms with van der Waals surface area (Å²) in [7, 11) is 10.4. The van der Waals surface area contributed by atoms with Gasteiger partial charge in [-0.2, -0.15) is 0 Å². The molecule has 0 fully saturated rings. The lowest BCUT2D eigenvalue weighted by Crippen LogP contribution is -2.30. The van der Waals surface area contributed by atoms with Crippen LogP contribution in [0, 0.1) is 104 Å². The van der Waals surface area contributed by atoms with Crippen LogP contribution < -0.4 is 22.8 Å². The Bertz CT molecular complexity index is 3620. The molecule has 0 aliphatic heterocycles. The summed E-state index contributed by atoms with van der Waals surface area (Å²) in [5.74, 6) is 0. The molecule has 5 aromatic heterocycles. The summed E-state index contributed by atoms with van der Waals surface area (Å²) < 4.78 is 33.1. The highest BCUT2D eigenvalue weighted by molar-refractivity contribution is 5.66. The van der Waals surface area contributed by atoms with Crippen molar-refractivity contribution in [3.63, 3.8) is 0 Å². The Balaban J connectivity index is 0.000000167. The lowest BCUT2D eigenvalue weighted by molar-refractivity contribution is -0.660. The van der Waals surface area contributed by atoms with Crippen molar-refractivity contribution in [1.82, 2.24) is 0 Å². The van der Waals surface area contributed by atoms with Crippen LogP contribution in [0.4, 0.5) is 0 Å². The molecule has 0 saturated heterocycles. The van der Waals surface area contributed by atoms with E-state index in [-0.39, 0.29) is 0 Å². The van der Waals surface area contributed by atoms with Gasteiger partial charge in [-0.1, -0.05) is 82.9 Å². The lowest BCUT2D eigenvalue weighted by atomic mass is 9.99. The third kappa shape index (κ3) is 16.2. The zero-order valence-electron chi connectivity index (χ0n) is 54.6. The fourth-order valence-corrected chi connectivity index (χ4v) is 9.82. The summed E-state index contributed by atoms with van der Waals surface area (Å²) in [6.07, 6.45) is 10.5. The first-order valence-electron chi connectivity index (χ1n) is 29.3. The molecule has 80 heavy (non-hydrogen) atoms. The summed E-state index contributed by atoms with van der Waals surface area (Å²) in [6.45, 7) is 27.7. The standard InChI is InChI=1S/5C15H18N/c2*1-11-5-6-14(13(3)9-11)15-10-12(2)7-8-16(15)4;2*1-11-5-6-13(3)14(9-11)15-10-12(2)7-8-16(15)4;1-11-8-9-16(4)15(10-11)14-7-5-6-12(2)13(14)3/h5*5-10H,1-4H3/q5*+1/i1D3;;;;. The fourth-order valence-electron chi connectivity index (χ4n) is 9.82. The number of aromatic nitrogens is 5. The van der Waals surface area contributed by atoms with Gasteiger partial charge in [-0.05, 0) is 195 Å². The van der Waals surface area contributed by atoms with Crippen molar-refractivity contribution < 1.29 is 26.9 Å². The van der Waals surface area contributed by atoms with E-state index in [1.54, 1.807) is 12.1 Å². The van der Waals surface area contributed by atoms with Gasteiger partial charge in [0.2, 0.25) is 28.5 Å². The van der Waals surface area contributed by atoms with Crippen LogP contribution in [0.25, 0.3) is 56.3 Å². The van der Waals surface area contributed by atoms with Crippen molar-refractivity contribution in [2.45, 2.75) is 104 Å². The Morgan fingerprint density at radius 2 is 0.525 bits per heavy atom. The summed E-state index contributed by atoms with van der Waals surface area (Å²) in [5, 5.41) is 0. The highest BCUT2D eigenvalue weighted by Crippen LogP contribution is 2.27. The number of aryl methyl sites for hydroxylation is 19. The predicted molar refractivity (Wildman–Crippen MR) is 336 cm³/mol. The van der Waals surface area contributed by atoms with Gasteiger partial charge < -0.3 is 0 Å². The topological polar surface area (TPSA) is 19.4 Å². The van der Waals surface area contributed by atoms with E-state index in [2.05, 4.69) is 295 Å². The predicted octanol–water partition coefficient (Wildman–Crippen LogP) is 15.5. The molecule has 0 radical (unpaired) electrons. The summed E-state index contributed by atoms with van der Waals surface area (Å²) in [5.41, 5.74) is 31.0. The Labute approximate surface area is 486 Å². The number of nitrogens with zero attached hydrogens (tertiary/aromatic N) is 5. The minimum absolute atomic E-state index is 0.393. The van der Waals surface area contributed by atoms with Gasteiger partial charge >= 0.3 is 0 Å². The molecule has 0 spiro atoms. The van der Waals surface area contributed by atoms with E-state index in [9.17, 15) is 0 Å². The van der Waals surface area contributed by atoms with Crippen LogP contribution in [0.1, 0.15) is 87.6 Å². The molecule has 0 unspecified atom stereocenters. The van der Waals surface area contributed by atoms with Crippen molar-refractivity contribution >= 4 is 0 Å². The van der Waals surface area contributed by atoms with E-state index in [4.69, 9.17) is 4.11 Å². The second-order valence-electron chi connectivity index (χ2n) is 22.2. The number of hydrogen-bond acceptors (Lipinski definition) is 0. The maximum absolute atomic E-state index is 7.45. The average Bonchev–Trinajstić information content (AvgIpc) is 3.63. The van der Waals surface area contributed by atoms with E-state index < -0.39 is 6.85 Å².